The Morgan fingerprint density at radius 1 is 0.818 bits per heavy atom. The van der Waals surface area contributed by atoms with Crippen LogP contribution in [0.2, 0.25) is 0 Å². The molecule has 2 aliphatic carbocycles. The summed E-state index contributed by atoms with van der Waals surface area (Å²) in [6, 6.07) is 7.60. The van der Waals surface area contributed by atoms with E-state index in [0.29, 0.717) is 41.1 Å². The largest absolute Gasteiger partial charge is 0.376 e. The van der Waals surface area contributed by atoms with Gasteiger partial charge in [-0.2, -0.15) is 0 Å². The fraction of sp³-hybridized carbons (Fsp3) is 0.786. The highest BCUT2D eigenvalue weighted by Gasteiger charge is 2.46. The molecular weight excluding hydrogens is 431 g/mol. The van der Waals surface area contributed by atoms with Crippen molar-refractivity contribution in [2.75, 3.05) is 0 Å². The SMILES string of the molecule is Cc1ccc([C@@H](O)P(=O)(O[C@@H]2C[C@H](C)CC[C@@H]2C(C)C)O[C@@H]2C[C@H](C)CC[C@@H]2C(C)C)cc1. The van der Waals surface area contributed by atoms with Crippen LogP contribution in [0.25, 0.3) is 0 Å². The summed E-state index contributed by atoms with van der Waals surface area (Å²) in [5.74, 6) is 1.30. The molecule has 0 unspecified atom stereocenters. The minimum atomic E-state index is -3.84. The summed E-state index contributed by atoms with van der Waals surface area (Å²) < 4.78 is 27.6. The molecule has 1 N–H and O–H groups in total. The van der Waals surface area contributed by atoms with Gasteiger partial charge in [0, 0.05) is 0 Å². The molecule has 0 heterocycles. The first kappa shape index (κ1) is 26.9. The van der Waals surface area contributed by atoms with Crippen LogP contribution in [0.1, 0.15) is 97.0 Å². The maximum atomic E-state index is 14.6. The standard InChI is InChI=1S/C28H47O4P/c1-18(2)24-14-10-21(6)16-26(24)31-33(30,28(29)23-12-8-20(5)9-13-23)32-27-17-22(7)11-15-25(27)19(3)4/h8-9,12-13,18-19,21-22,24-29H,10-11,14-17H2,1-7H3/t21-,22-,24-,25-,26-,27-,28+/m1/s1. The topological polar surface area (TPSA) is 55.8 Å². The molecule has 0 saturated heterocycles. The number of aliphatic hydroxyl groups excluding tert-OH is 1. The number of aliphatic hydroxyl groups is 1. The average molecular weight is 479 g/mol. The van der Waals surface area contributed by atoms with Crippen molar-refractivity contribution in [3.63, 3.8) is 0 Å². The monoisotopic (exact) mass is 478 g/mol. The number of aryl methyl sites for hydroxylation is 1. The van der Waals surface area contributed by atoms with Gasteiger partial charge >= 0.3 is 7.60 Å². The van der Waals surface area contributed by atoms with Gasteiger partial charge in [-0.05, 0) is 73.7 Å². The summed E-state index contributed by atoms with van der Waals surface area (Å²) >= 11 is 0. The minimum absolute atomic E-state index is 0.154. The van der Waals surface area contributed by atoms with Crippen molar-refractivity contribution >= 4 is 7.60 Å². The third-order valence-corrected chi connectivity index (χ3v) is 10.2. The van der Waals surface area contributed by atoms with Crippen LogP contribution in [0, 0.1) is 42.4 Å². The van der Waals surface area contributed by atoms with Crippen LogP contribution >= 0.6 is 7.60 Å². The number of hydrogen-bond donors (Lipinski definition) is 1. The molecule has 4 nitrogen and oxygen atoms in total. The summed E-state index contributed by atoms with van der Waals surface area (Å²) in [5.41, 5.74) is 1.71. The number of rotatable bonds is 8. The molecule has 0 bridgehead atoms. The van der Waals surface area contributed by atoms with Gasteiger partial charge in [0.2, 0.25) is 0 Å². The van der Waals surface area contributed by atoms with Crippen LogP contribution in [-0.4, -0.2) is 17.3 Å². The van der Waals surface area contributed by atoms with Gasteiger partial charge in [0.1, 0.15) is 0 Å². The van der Waals surface area contributed by atoms with Gasteiger partial charge in [-0.3, -0.25) is 4.57 Å². The second-order valence-corrected chi connectivity index (χ2v) is 13.8. The quantitative estimate of drug-likeness (QED) is 0.383. The smallest absolute Gasteiger partial charge is 0.363 e. The van der Waals surface area contributed by atoms with E-state index in [1.165, 1.54) is 12.8 Å². The van der Waals surface area contributed by atoms with Crippen LogP contribution < -0.4 is 0 Å². The highest BCUT2D eigenvalue weighted by atomic mass is 31.2. The third-order valence-electron chi connectivity index (χ3n) is 8.16. The van der Waals surface area contributed by atoms with Crippen LogP contribution in [0.5, 0.6) is 0 Å². The lowest BCUT2D eigenvalue weighted by atomic mass is 9.75. The maximum Gasteiger partial charge on any atom is 0.363 e. The Balaban J connectivity index is 1.94. The van der Waals surface area contributed by atoms with Gasteiger partial charge < -0.3 is 14.2 Å². The molecule has 5 heteroatoms. The molecule has 0 amide bonds. The Labute approximate surface area is 202 Å². The molecule has 188 valence electrons. The molecule has 2 saturated carbocycles. The van der Waals surface area contributed by atoms with Gasteiger partial charge in [-0.25, -0.2) is 0 Å². The van der Waals surface area contributed by atoms with Gasteiger partial charge in [0.25, 0.3) is 0 Å². The van der Waals surface area contributed by atoms with E-state index in [1.54, 1.807) is 0 Å². The van der Waals surface area contributed by atoms with Crippen LogP contribution in [0.4, 0.5) is 0 Å². The summed E-state index contributed by atoms with van der Waals surface area (Å²) in [7, 11) is -3.84. The molecule has 2 aliphatic rings. The van der Waals surface area contributed by atoms with E-state index in [9.17, 15) is 9.67 Å². The zero-order valence-electron chi connectivity index (χ0n) is 21.9. The van der Waals surface area contributed by atoms with Gasteiger partial charge in [-0.15, -0.1) is 0 Å². The second kappa shape index (κ2) is 11.4. The molecular formula is C28H47O4P. The molecule has 0 radical (unpaired) electrons. The normalized spacial score (nSPS) is 32.3. The molecule has 2 fully saturated rings. The molecule has 0 aromatic heterocycles. The molecule has 0 aliphatic heterocycles. The summed E-state index contributed by atoms with van der Waals surface area (Å²) in [6.45, 7) is 15.4. The Bertz CT molecular complexity index is 752. The van der Waals surface area contributed by atoms with E-state index < -0.39 is 13.4 Å². The van der Waals surface area contributed by atoms with E-state index in [1.807, 2.05) is 31.2 Å². The minimum Gasteiger partial charge on any atom is -0.376 e. The highest BCUT2D eigenvalue weighted by Crippen LogP contribution is 2.64. The average Bonchev–Trinajstić information content (AvgIpc) is 2.73. The first-order valence-corrected chi connectivity index (χ1v) is 14.8. The Hall–Kier alpha value is -0.670. The van der Waals surface area contributed by atoms with Crippen molar-refractivity contribution in [3.05, 3.63) is 35.4 Å². The third kappa shape index (κ3) is 6.72. The summed E-state index contributed by atoms with van der Waals surface area (Å²) in [4.78, 5) is 0. The summed E-state index contributed by atoms with van der Waals surface area (Å²) in [5, 5.41) is 11.5. The van der Waals surface area contributed by atoms with Gasteiger partial charge in [0.05, 0.1) is 12.2 Å². The number of benzene rings is 1. The fourth-order valence-corrected chi connectivity index (χ4v) is 7.97. The van der Waals surface area contributed by atoms with Crippen molar-refractivity contribution < 1.29 is 18.7 Å². The molecule has 33 heavy (non-hydrogen) atoms. The lowest BCUT2D eigenvalue weighted by Crippen LogP contribution is -2.37. The Morgan fingerprint density at radius 2 is 1.24 bits per heavy atom. The summed E-state index contributed by atoms with van der Waals surface area (Å²) in [6.07, 6.45) is 5.90. The van der Waals surface area contributed by atoms with E-state index in [2.05, 4.69) is 41.5 Å². The molecule has 0 spiro atoms. The van der Waals surface area contributed by atoms with E-state index in [-0.39, 0.29) is 12.2 Å². The zero-order chi connectivity index (χ0) is 24.3. The highest BCUT2D eigenvalue weighted by molar-refractivity contribution is 7.54. The van der Waals surface area contributed by atoms with Gasteiger partial charge in [0.15, 0.2) is 5.85 Å². The lowest BCUT2D eigenvalue weighted by molar-refractivity contribution is -0.0153. The van der Waals surface area contributed by atoms with Crippen molar-refractivity contribution in [2.24, 2.45) is 35.5 Å². The Morgan fingerprint density at radius 3 is 1.64 bits per heavy atom. The maximum absolute atomic E-state index is 14.6. The molecule has 3 rings (SSSR count). The van der Waals surface area contributed by atoms with E-state index in [0.717, 1.165) is 31.2 Å². The molecule has 7 atom stereocenters. The van der Waals surface area contributed by atoms with Crippen LogP contribution in [-0.2, 0) is 13.6 Å². The van der Waals surface area contributed by atoms with Crippen molar-refractivity contribution in [1.29, 1.82) is 0 Å². The van der Waals surface area contributed by atoms with Crippen LogP contribution in [0.15, 0.2) is 24.3 Å². The number of hydrogen-bond acceptors (Lipinski definition) is 4. The first-order valence-electron chi connectivity index (χ1n) is 13.2. The molecule has 1 aromatic carbocycles. The predicted molar refractivity (Wildman–Crippen MR) is 136 cm³/mol. The lowest BCUT2D eigenvalue weighted by Gasteiger charge is -2.42. The van der Waals surface area contributed by atoms with Crippen LogP contribution in [0.3, 0.4) is 0 Å². The van der Waals surface area contributed by atoms with Crippen molar-refractivity contribution in [3.8, 4) is 0 Å². The van der Waals surface area contributed by atoms with Crippen molar-refractivity contribution in [2.45, 2.75) is 105 Å². The molecule has 1 aromatic rings. The Kier molecular flexibility index (Phi) is 9.28. The van der Waals surface area contributed by atoms with Gasteiger partial charge in [-0.1, -0.05) is 84.2 Å². The van der Waals surface area contributed by atoms with Crippen molar-refractivity contribution in [1.82, 2.24) is 0 Å². The fourth-order valence-electron chi connectivity index (χ4n) is 5.91. The predicted octanol–water partition coefficient (Wildman–Crippen LogP) is 8.13. The first-order chi connectivity index (χ1) is 15.5. The van der Waals surface area contributed by atoms with E-state index >= 15 is 0 Å². The zero-order valence-corrected chi connectivity index (χ0v) is 22.8. The van der Waals surface area contributed by atoms with E-state index in [4.69, 9.17) is 9.05 Å². The second-order valence-electron chi connectivity index (χ2n) is 11.8.